The van der Waals surface area contributed by atoms with Crippen molar-refractivity contribution < 1.29 is 4.79 Å². The minimum Gasteiger partial charge on any atom is -0.325 e. The van der Waals surface area contributed by atoms with Gasteiger partial charge in [-0.1, -0.05) is 20.8 Å². The lowest BCUT2D eigenvalue weighted by atomic mass is 10.0. The molecule has 2 fully saturated rings. The van der Waals surface area contributed by atoms with Crippen LogP contribution in [0.1, 0.15) is 52.9 Å². The molecule has 0 radical (unpaired) electrons. The van der Waals surface area contributed by atoms with E-state index in [2.05, 4.69) is 31.0 Å². The summed E-state index contributed by atoms with van der Waals surface area (Å²) >= 11 is 0. The van der Waals surface area contributed by atoms with Crippen LogP contribution in [-0.2, 0) is 4.79 Å². The van der Waals surface area contributed by atoms with Crippen LogP contribution in [0, 0.1) is 5.41 Å². The van der Waals surface area contributed by atoms with E-state index < -0.39 is 0 Å². The third kappa shape index (κ3) is 1.97. The van der Waals surface area contributed by atoms with Gasteiger partial charge in [0.05, 0.1) is 12.2 Å². The van der Waals surface area contributed by atoms with Crippen molar-refractivity contribution in [3.63, 3.8) is 0 Å². The Morgan fingerprint density at radius 3 is 2.44 bits per heavy atom. The number of nitrogens with one attached hydrogen (secondary N) is 1. The predicted octanol–water partition coefficient (Wildman–Crippen LogP) is 2.12. The first-order valence-electron chi connectivity index (χ1n) is 6.72. The SMILES string of the molecule is CCC1NC(CC)N(CC2(CC)CC2)C1=O. The van der Waals surface area contributed by atoms with E-state index in [1.165, 1.54) is 19.3 Å². The van der Waals surface area contributed by atoms with E-state index in [9.17, 15) is 4.79 Å². The molecule has 1 aliphatic carbocycles. The van der Waals surface area contributed by atoms with Crippen LogP contribution in [0.5, 0.6) is 0 Å². The molecule has 2 rings (SSSR count). The average Bonchev–Trinajstić information content (AvgIpc) is 3.02. The first-order valence-corrected chi connectivity index (χ1v) is 6.72. The van der Waals surface area contributed by atoms with Gasteiger partial charge in [0.25, 0.3) is 0 Å². The Morgan fingerprint density at radius 2 is 2.00 bits per heavy atom. The average molecular weight is 224 g/mol. The fourth-order valence-electron chi connectivity index (χ4n) is 2.73. The highest BCUT2D eigenvalue weighted by Crippen LogP contribution is 2.49. The van der Waals surface area contributed by atoms with Crippen LogP contribution in [0.3, 0.4) is 0 Å². The van der Waals surface area contributed by atoms with E-state index in [0.717, 1.165) is 19.4 Å². The highest BCUT2D eigenvalue weighted by atomic mass is 16.2. The van der Waals surface area contributed by atoms with Crippen molar-refractivity contribution in [1.82, 2.24) is 10.2 Å². The van der Waals surface area contributed by atoms with E-state index in [-0.39, 0.29) is 12.2 Å². The van der Waals surface area contributed by atoms with Gasteiger partial charge in [0, 0.05) is 6.54 Å². The lowest BCUT2D eigenvalue weighted by Crippen LogP contribution is -2.40. The zero-order valence-corrected chi connectivity index (χ0v) is 10.8. The van der Waals surface area contributed by atoms with E-state index >= 15 is 0 Å². The second-order valence-electron chi connectivity index (χ2n) is 5.37. The minimum atomic E-state index is 0.0672. The van der Waals surface area contributed by atoms with E-state index in [1.54, 1.807) is 0 Å². The lowest BCUT2D eigenvalue weighted by Gasteiger charge is -2.27. The predicted molar refractivity (Wildman–Crippen MR) is 65.0 cm³/mol. The van der Waals surface area contributed by atoms with Gasteiger partial charge in [0.1, 0.15) is 0 Å². The molecule has 2 atom stereocenters. The van der Waals surface area contributed by atoms with Gasteiger partial charge in [-0.2, -0.15) is 0 Å². The van der Waals surface area contributed by atoms with E-state index in [1.807, 2.05) is 0 Å². The molecular weight excluding hydrogens is 200 g/mol. The molecule has 0 bridgehead atoms. The number of hydrogen-bond acceptors (Lipinski definition) is 2. The van der Waals surface area contributed by atoms with E-state index in [0.29, 0.717) is 11.3 Å². The summed E-state index contributed by atoms with van der Waals surface area (Å²) in [5, 5.41) is 3.44. The molecule has 1 amide bonds. The Balaban J connectivity index is 2.03. The number of amides is 1. The molecule has 2 aliphatic rings. The van der Waals surface area contributed by atoms with Gasteiger partial charge in [-0.3, -0.25) is 10.1 Å². The largest absolute Gasteiger partial charge is 0.325 e. The molecule has 3 nitrogen and oxygen atoms in total. The summed E-state index contributed by atoms with van der Waals surface area (Å²) < 4.78 is 0. The van der Waals surface area contributed by atoms with Gasteiger partial charge in [-0.05, 0) is 37.5 Å². The Hall–Kier alpha value is -0.570. The van der Waals surface area contributed by atoms with E-state index in [4.69, 9.17) is 0 Å². The summed E-state index contributed by atoms with van der Waals surface area (Å²) in [4.78, 5) is 14.3. The quantitative estimate of drug-likeness (QED) is 0.776. The maximum atomic E-state index is 12.2. The summed E-state index contributed by atoms with van der Waals surface area (Å²) in [7, 11) is 0. The topological polar surface area (TPSA) is 32.3 Å². The number of rotatable bonds is 5. The molecule has 1 N–H and O–H groups in total. The Morgan fingerprint density at radius 1 is 1.31 bits per heavy atom. The van der Waals surface area contributed by atoms with Crippen molar-refractivity contribution in [1.29, 1.82) is 0 Å². The molecule has 1 aliphatic heterocycles. The summed E-state index contributed by atoms with van der Waals surface area (Å²) in [5.74, 6) is 0.328. The zero-order valence-electron chi connectivity index (χ0n) is 10.8. The van der Waals surface area contributed by atoms with Gasteiger partial charge in [0.15, 0.2) is 0 Å². The van der Waals surface area contributed by atoms with Crippen LogP contribution in [0.2, 0.25) is 0 Å². The fraction of sp³-hybridized carbons (Fsp3) is 0.923. The number of nitrogens with zero attached hydrogens (tertiary/aromatic N) is 1. The molecule has 2 unspecified atom stereocenters. The van der Waals surface area contributed by atoms with Crippen molar-refractivity contribution >= 4 is 5.91 Å². The van der Waals surface area contributed by atoms with Gasteiger partial charge in [0.2, 0.25) is 5.91 Å². The molecule has 0 aromatic rings. The van der Waals surface area contributed by atoms with Gasteiger partial charge >= 0.3 is 0 Å². The molecule has 1 saturated heterocycles. The molecule has 0 aromatic carbocycles. The third-order valence-electron chi connectivity index (χ3n) is 4.36. The molecule has 92 valence electrons. The molecule has 1 heterocycles. The van der Waals surface area contributed by atoms with Crippen molar-refractivity contribution in [2.75, 3.05) is 6.54 Å². The Labute approximate surface area is 98.6 Å². The van der Waals surface area contributed by atoms with Crippen molar-refractivity contribution in [3.05, 3.63) is 0 Å². The maximum absolute atomic E-state index is 12.2. The molecular formula is C13H24N2O. The van der Waals surface area contributed by atoms with Gasteiger partial charge in [-0.25, -0.2) is 0 Å². The van der Waals surface area contributed by atoms with Crippen molar-refractivity contribution in [2.45, 2.75) is 65.1 Å². The monoisotopic (exact) mass is 224 g/mol. The van der Waals surface area contributed by atoms with Crippen LogP contribution in [0.4, 0.5) is 0 Å². The molecule has 1 saturated carbocycles. The minimum absolute atomic E-state index is 0.0672. The first-order chi connectivity index (χ1) is 7.65. The van der Waals surface area contributed by atoms with Crippen LogP contribution < -0.4 is 5.32 Å². The molecule has 0 aromatic heterocycles. The molecule has 3 heteroatoms. The summed E-state index contributed by atoms with van der Waals surface area (Å²) in [6.45, 7) is 7.46. The first kappa shape index (κ1) is 11.9. The summed E-state index contributed by atoms with van der Waals surface area (Å²) in [6, 6.07) is 0.0672. The van der Waals surface area contributed by atoms with Crippen molar-refractivity contribution in [3.8, 4) is 0 Å². The zero-order chi connectivity index (χ0) is 11.8. The Bertz CT molecular complexity index is 273. The number of carbonyl (C=O) groups excluding carboxylic acids is 1. The standard InChI is InChI=1S/C13H24N2O/c1-4-10-12(16)15(11(5-2)14-10)9-13(6-3)7-8-13/h10-11,14H,4-9H2,1-3H3. The van der Waals surface area contributed by atoms with Gasteiger partial charge < -0.3 is 4.90 Å². The van der Waals surface area contributed by atoms with Crippen LogP contribution in [0.25, 0.3) is 0 Å². The maximum Gasteiger partial charge on any atom is 0.241 e. The second kappa shape index (κ2) is 4.36. The molecule has 0 spiro atoms. The third-order valence-corrected chi connectivity index (χ3v) is 4.36. The number of carbonyl (C=O) groups is 1. The van der Waals surface area contributed by atoms with Gasteiger partial charge in [-0.15, -0.1) is 0 Å². The summed E-state index contributed by atoms with van der Waals surface area (Å²) in [6.07, 6.45) is 6.03. The summed E-state index contributed by atoms with van der Waals surface area (Å²) in [5.41, 5.74) is 0.466. The van der Waals surface area contributed by atoms with Crippen LogP contribution in [-0.4, -0.2) is 29.6 Å². The van der Waals surface area contributed by atoms with Crippen molar-refractivity contribution in [2.24, 2.45) is 5.41 Å². The second-order valence-corrected chi connectivity index (χ2v) is 5.37. The smallest absolute Gasteiger partial charge is 0.241 e. The highest BCUT2D eigenvalue weighted by molar-refractivity contribution is 5.84. The highest BCUT2D eigenvalue weighted by Gasteiger charge is 2.47. The number of hydrogen-bond donors (Lipinski definition) is 1. The lowest BCUT2D eigenvalue weighted by molar-refractivity contribution is -0.131. The fourth-order valence-corrected chi connectivity index (χ4v) is 2.73. The normalized spacial score (nSPS) is 32.2. The Kier molecular flexibility index (Phi) is 3.24. The molecule has 16 heavy (non-hydrogen) atoms. The van der Waals surface area contributed by atoms with Crippen LogP contribution >= 0.6 is 0 Å². The van der Waals surface area contributed by atoms with Crippen LogP contribution in [0.15, 0.2) is 0 Å².